The van der Waals surface area contributed by atoms with Gasteiger partial charge in [0.2, 0.25) is 0 Å². The summed E-state index contributed by atoms with van der Waals surface area (Å²) in [5.41, 5.74) is 7.61. The summed E-state index contributed by atoms with van der Waals surface area (Å²) in [5.74, 6) is 0.675. The quantitative estimate of drug-likeness (QED) is 0.191. The Balaban J connectivity index is 1.25. The van der Waals surface area contributed by atoms with Gasteiger partial charge in [-0.1, -0.05) is 42.5 Å². The first-order chi connectivity index (χ1) is 18.7. The lowest BCUT2D eigenvalue weighted by molar-refractivity contribution is 0.208. The third-order valence-electron chi connectivity index (χ3n) is 6.43. The molecule has 7 aromatic rings. The summed E-state index contributed by atoms with van der Waals surface area (Å²) in [6.07, 6.45) is 4.47. The van der Waals surface area contributed by atoms with Gasteiger partial charge in [-0.05, 0) is 41.3 Å². The van der Waals surface area contributed by atoms with Gasteiger partial charge in [-0.3, -0.25) is 15.1 Å². The van der Waals surface area contributed by atoms with E-state index < -0.39 is 6.23 Å². The number of nitrogens with zero attached hydrogens (tertiary/aromatic N) is 4. The average molecular weight is 516 g/mol. The minimum absolute atomic E-state index is 0.675. The lowest BCUT2D eigenvalue weighted by atomic mass is 10.0. The fourth-order valence-corrected chi connectivity index (χ4v) is 5.29. The van der Waals surface area contributed by atoms with E-state index >= 15 is 0 Å². The molecule has 4 N–H and O–H groups in total. The van der Waals surface area contributed by atoms with Crippen LogP contribution in [0.15, 0.2) is 96.8 Å². The molecule has 7 rings (SSSR count). The summed E-state index contributed by atoms with van der Waals surface area (Å²) in [6.45, 7) is 0. The standard InChI is InChI=1S/C29H21N7OS/c37-29(17-5-2-1-3-6-17)32-20-13-19(15-30-16-20)18-8-9-22-21(14-18)25(36-35-22)28-33-23-10-11-31-27(26(23)34-28)24-7-4-12-38-24/h1-16,29,32,37H,(H,33,34)(H,35,36). The van der Waals surface area contributed by atoms with Crippen molar-refractivity contribution in [3.63, 3.8) is 0 Å². The van der Waals surface area contributed by atoms with Gasteiger partial charge >= 0.3 is 0 Å². The molecule has 0 fully saturated rings. The van der Waals surface area contributed by atoms with E-state index in [9.17, 15) is 5.11 Å². The number of fused-ring (bicyclic) bond motifs is 2. The van der Waals surface area contributed by atoms with E-state index in [2.05, 4.69) is 36.5 Å². The third kappa shape index (κ3) is 4.00. The number of pyridine rings is 2. The number of hydrogen-bond acceptors (Lipinski definition) is 7. The number of rotatable bonds is 6. The van der Waals surface area contributed by atoms with Crippen LogP contribution >= 0.6 is 11.3 Å². The Morgan fingerprint density at radius 3 is 2.66 bits per heavy atom. The summed E-state index contributed by atoms with van der Waals surface area (Å²) in [7, 11) is 0. The maximum atomic E-state index is 10.6. The molecule has 0 saturated carbocycles. The zero-order valence-corrected chi connectivity index (χ0v) is 20.8. The SMILES string of the molecule is OC(Nc1cncc(-c2ccc3[nH]nc(-c4nc5c(-c6cccs6)nccc5[nH]4)c3c2)c1)c1ccccc1. The van der Waals surface area contributed by atoms with Crippen LogP contribution in [0.2, 0.25) is 0 Å². The summed E-state index contributed by atoms with van der Waals surface area (Å²) in [5, 5.41) is 24.4. The first-order valence-electron chi connectivity index (χ1n) is 12.0. The Bertz CT molecular complexity index is 1880. The summed E-state index contributed by atoms with van der Waals surface area (Å²) in [4.78, 5) is 18.4. The number of hydrogen-bond donors (Lipinski definition) is 4. The fourth-order valence-electron chi connectivity index (χ4n) is 4.57. The lowest BCUT2D eigenvalue weighted by Crippen LogP contribution is -2.09. The Morgan fingerprint density at radius 1 is 0.868 bits per heavy atom. The van der Waals surface area contributed by atoms with Crippen LogP contribution in [0, 0.1) is 0 Å². The second-order valence-corrected chi connectivity index (χ2v) is 9.82. The molecule has 0 aliphatic rings. The van der Waals surface area contributed by atoms with Gasteiger partial charge in [-0.25, -0.2) is 4.98 Å². The monoisotopic (exact) mass is 515 g/mol. The van der Waals surface area contributed by atoms with Gasteiger partial charge in [0.1, 0.15) is 16.9 Å². The van der Waals surface area contributed by atoms with Gasteiger partial charge < -0.3 is 15.4 Å². The molecule has 0 aliphatic carbocycles. The van der Waals surface area contributed by atoms with E-state index in [-0.39, 0.29) is 0 Å². The smallest absolute Gasteiger partial charge is 0.159 e. The molecule has 8 nitrogen and oxygen atoms in total. The second-order valence-electron chi connectivity index (χ2n) is 8.87. The second kappa shape index (κ2) is 9.22. The normalized spacial score (nSPS) is 12.2. The third-order valence-corrected chi connectivity index (χ3v) is 7.31. The molecule has 0 saturated heterocycles. The van der Waals surface area contributed by atoms with Crippen molar-refractivity contribution < 1.29 is 5.11 Å². The molecule has 9 heteroatoms. The molecule has 0 spiro atoms. The number of benzene rings is 2. The van der Waals surface area contributed by atoms with Gasteiger partial charge in [-0.15, -0.1) is 11.3 Å². The molecule has 5 aromatic heterocycles. The molecule has 184 valence electrons. The molecular weight excluding hydrogens is 494 g/mol. The van der Waals surface area contributed by atoms with Crippen molar-refractivity contribution in [3.05, 3.63) is 102 Å². The molecule has 0 aliphatic heterocycles. The largest absolute Gasteiger partial charge is 0.369 e. The van der Waals surface area contributed by atoms with Crippen molar-refractivity contribution in [2.24, 2.45) is 0 Å². The number of nitrogens with one attached hydrogen (secondary N) is 3. The predicted octanol–water partition coefficient (Wildman–Crippen LogP) is 6.39. The molecule has 5 heterocycles. The van der Waals surface area contributed by atoms with E-state index in [0.29, 0.717) is 5.82 Å². The zero-order chi connectivity index (χ0) is 25.5. The highest BCUT2D eigenvalue weighted by atomic mass is 32.1. The van der Waals surface area contributed by atoms with Crippen LogP contribution in [0.3, 0.4) is 0 Å². The Morgan fingerprint density at radius 2 is 1.79 bits per heavy atom. The topological polar surface area (TPSA) is 115 Å². The van der Waals surface area contributed by atoms with E-state index in [4.69, 9.17) is 4.98 Å². The maximum absolute atomic E-state index is 10.6. The molecule has 0 bridgehead atoms. The summed E-state index contributed by atoms with van der Waals surface area (Å²) < 4.78 is 0. The number of H-pyrrole nitrogens is 2. The van der Waals surface area contributed by atoms with Crippen molar-refractivity contribution in [1.29, 1.82) is 0 Å². The van der Waals surface area contributed by atoms with Crippen molar-refractivity contribution in [2.75, 3.05) is 5.32 Å². The number of aromatic amines is 2. The van der Waals surface area contributed by atoms with Crippen LogP contribution in [0.5, 0.6) is 0 Å². The van der Waals surface area contributed by atoms with Crippen molar-refractivity contribution >= 4 is 39.0 Å². The Hall–Kier alpha value is -4.86. The molecule has 0 amide bonds. The number of aromatic nitrogens is 6. The van der Waals surface area contributed by atoms with Crippen LogP contribution in [0.4, 0.5) is 5.69 Å². The van der Waals surface area contributed by atoms with Crippen LogP contribution in [0.25, 0.3) is 55.2 Å². The van der Waals surface area contributed by atoms with E-state index in [1.807, 2.05) is 72.1 Å². The van der Waals surface area contributed by atoms with Crippen molar-refractivity contribution in [3.8, 4) is 33.2 Å². The highest BCUT2D eigenvalue weighted by Gasteiger charge is 2.17. The molecule has 0 radical (unpaired) electrons. The average Bonchev–Trinajstić information content (AvgIpc) is 3.73. The Labute approximate surface area is 221 Å². The number of imidazole rings is 1. The zero-order valence-electron chi connectivity index (χ0n) is 20.0. The first-order valence-corrected chi connectivity index (χ1v) is 12.9. The van der Waals surface area contributed by atoms with Gasteiger partial charge in [0.05, 0.1) is 27.8 Å². The van der Waals surface area contributed by atoms with E-state index in [1.165, 1.54) is 0 Å². The summed E-state index contributed by atoms with van der Waals surface area (Å²) in [6, 6.07) is 23.5. The predicted molar refractivity (Wildman–Crippen MR) is 151 cm³/mol. The highest BCUT2D eigenvalue weighted by molar-refractivity contribution is 7.13. The van der Waals surface area contributed by atoms with Gasteiger partial charge in [-0.2, -0.15) is 5.10 Å². The lowest BCUT2D eigenvalue weighted by Gasteiger charge is -2.15. The van der Waals surface area contributed by atoms with Crippen LogP contribution in [-0.4, -0.2) is 35.2 Å². The van der Waals surface area contributed by atoms with Gasteiger partial charge in [0.15, 0.2) is 12.1 Å². The minimum Gasteiger partial charge on any atom is -0.369 e. The van der Waals surface area contributed by atoms with Crippen LogP contribution in [-0.2, 0) is 0 Å². The molecule has 2 aromatic carbocycles. The molecule has 38 heavy (non-hydrogen) atoms. The highest BCUT2D eigenvalue weighted by Crippen LogP contribution is 2.34. The fraction of sp³-hybridized carbons (Fsp3) is 0.0345. The number of thiophene rings is 1. The Kier molecular flexibility index (Phi) is 5.42. The number of aliphatic hydroxyl groups is 1. The molecular formula is C29H21N7OS. The van der Waals surface area contributed by atoms with E-state index in [1.54, 1.807) is 29.9 Å². The van der Waals surface area contributed by atoms with Crippen molar-refractivity contribution in [1.82, 2.24) is 30.1 Å². The number of anilines is 1. The minimum atomic E-state index is -0.835. The van der Waals surface area contributed by atoms with Crippen LogP contribution < -0.4 is 5.32 Å². The molecule has 1 unspecified atom stereocenters. The maximum Gasteiger partial charge on any atom is 0.159 e. The van der Waals surface area contributed by atoms with Gasteiger partial charge in [0.25, 0.3) is 0 Å². The molecule has 1 atom stereocenters. The first kappa shape index (κ1) is 22.3. The number of aliphatic hydroxyl groups excluding tert-OH is 1. The van der Waals surface area contributed by atoms with Gasteiger partial charge in [0, 0.05) is 28.9 Å². The summed E-state index contributed by atoms with van der Waals surface area (Å²) >= 11 is 1.64. The van der Waals surface area contributed by atoms with Crippen molar-refractivity contribution in [2.45, 2.75) is 6.23 Å². The van der Waals surface area contributed by atoms with Crippen LogP contribution in [0.1, 0.15) is 11.8 Å². The van der Waals surface area contributed by atoms with E-state index in [0.717, 1.165) is 60.6 Å².